The van der Waals surface area contributed by atoms with Crippen LogP contribution in [-0.4, -0.2) is 14.2 Å². The van der Waals surface area contributed by atoms with Gasteiger partial charge in [0.2, 0.25) is 0 Å². The lowest BCUT2D eigenvalue weighted by Crippen LogP contribution is -1.96. The van der Waals surface area contributed by atoms with Gasteiger partial charge in [0.25, 0.3) is 0 Å². The van der Waals surface area contributed by atoms with Crippen molar-refractivity contribution in [3.63, 3.8) is 0 Å². The molecule has 0 saturated carbocycles. The van der Waals surface area contributed by atoms with Gasteiger partial charge in [0.1, 0.15) is 5.75 Å². The number of methoxy groups -OCH3 is 1. The second-order valence-corrected chi connectivity index (χ2v) is 3.97. The highest BCUT2D eigenvalue weighted by atomic mass is 16.5. The Kier molecular flexibility index (Phi) is 3.33. The number of hydrogen-bond acceptors (Lipinski definition) is 2. The van der Waals surface area contributed by atoms with E-state index in [4.69, 9.17) is 4.74 Å². The van der Waals surface area contributed by atoms with Gasteiger partial charge in [-0.1, -0.05) is 30.3 Å². The summed E-state index contributed by atoms with van der Waals surface area (Å²) in [6.45, 7) is 2.06. The predicted molar refractivity (Wildman–Crippen MR) is 72.7 cm³/mol. The molecule has 2 heteroatoms. The molecule has 0 unspecified atom stereocenters. The van der Waals surface area contributed by atoms with E-state index in [2.05, 4.69) is 36.5 Å². The second-order valence-electron chi connectivity index (χ2n) is 3.97. The normalized spacial score (nSPS) is 10.1. The maximum atomic E-state index is 5.41. The van der Waals surface area contributed by atoms with Crippen molar-refractivity contribution in [3.05, 3.63) is 48.0 Å². The smallest absolute Gasteiger partial charge is 0.124 e. The first-order chi connectivity index (χ1) is 8.26. The lowest BCUT2D eigenvalue weighted by atomic mass is 10.0. The van der Waals surface area contributed by atoms with Gasteiger partial charge in [-0.25, -0.2) is 0 Å². The minimum absolute atomic E-state index is 0.913. The Morgan fingerprint density at radius 2 is 1.71 bits per heavy atom. The van der Waals surface area contributed by atoms with Crippen LogP contribution < -0.4 is 10.1 Å². The standard InChI is InChI=1S/C15H17NO/c1-11-14(16-2)9-13(10-15(11)17-3)12-7-5-4-6-8-12/h4-10,16H,1-3H3. The maximum absolute atomic E-state index is 5.41. The Bertz CT molecular complexity index is 481. The molecule has 0 aliphatic carbocycles. The third-order valence-electron chi connectivity index (χ3n) is 2.96. The minimum atomic E-state index is 0.913. The Morgan fingerprint density at radius 3 is 2.29 bits per heavy atom. The Labute approximate surface area is 102 Å². The van der Waals surface area contributed by atoms with Crippen LogP contribution in [0.4, 0.5) is 5.69 Å². The van der Waals surface area contributed by atoms with E-state index in [0.717, 1.165) is 22.6 Å². The molecule has 2 aromatic carbocycles. The van der Waals surface area contributed by atoms with Gasteiger partial charge in [-0.2, -0.15) is 0 Å². The lowest BCUT2D eigenvalue weighted by Gasteiger charge is -2.13. The summed E-state index contributed by atoms with van der Waals surface area (Å²) in [4.78, 5) is 0. The molecule has 0 spiro atoms. The van der Waals surface area contributed by atoms with Crippen molar-refractivity contribution < 1.29 is 4.74 Å². The highest BCUT2D eigenvalue weighted by Gasteiger charge is 2.07. The van der Waals surface area contributed by atoms with E-state index < -0.39 is 0 Å². The molecule has 17 heavy (non-hydrogen) atoms. The summed E-state index contributed by atoms with van der Waals surface area (Å²) in [5.41, 5.74) is 4.59. The quantitative estimate of drug-likeness (QED) is 0.863. The number of ether oxygens (including phenoxy) is 1. The highest BCUT2D eigenvalue weighted by molar-refractivity contribution is 5.73. The van der Waals surface area contributed by atoms with Crippen molar-refractivity contribution in [3.8, 4) is 16.9 Å². The summed E-state index contributed by atoms with van der Waals surface area (Å²) in [6, 6.07) is 14.5. The molecule has 88 valence electrons. The van der Waals surface area contributed by atoms with Crippen LogP contribution in [0.25, 0.3) is 11.1 Å². The van der Waals surface area contributed by atoms with Crippen molar-refractivity contribution >= 4 is 5.69 Å². The summed E-state index contributed by atoms with van der Waals surface area (Å²) in [6.07, 6.45) is 0. The fourth-order valence-corrected chi connectivity index (χ4v) is 1.96. The van der Waals surface area contributed by atoms with Crippen LogP contribution in [0.3, 0.4) is 0 Å². The third-order valence-corrected chi connectivity index (χ3v) is 2.96. The van der Waals surface area contributed by atoms with Crippen LogP contribution in [0.2, 0.25) is 0 Å². The fourth-order valence-electron chi connectivity index (χ4n) is 1.96. The first-order valence-electron chi connectivity index (χ1n) is 5.68. The van der Waals surface area contributed by atoms with Gasteiger partial charge >= 0.3 is 0 Å². The first-order valence-corrected chi connectivity index (χ1v) is 5.68. The third kappa shape index (κ3) is 2.26. The summed E-state index contributed by atoms with van der Waals surface area (Å²) in [7, 11) is 3.63. The van der Waals surface area contributed by atoms with Crippen molar-refractivity contribution in [1.29, 1.82) is 0 Å². The van der Waals surface area contributed by atoms with E-state index in [1.807, 2.05) is 25.2 Å². The predicted octanol–water partition coefficient (Wildman–Crippen LogP) is 3.71. The van der Waals surface area contributed by atoms with Gasteiger partial charge in [0.05, 0.1) is 7.11 Å². The second kappa shape index (κ2) is 4.91. The number of nitrogens with one attached hydrogen (secondary N) is 1. The fraction of sp³-hybridized carbons (Fsp3) is 0.200. The van der Waals surface area contributed by atoms with Crippen molar-refractivity contribution in [1.82, 2.24) is 0 Å². The average Bonchev–Trinajstić information content (AvgIpc) is 2.40. The zero-order valence-electron chi connectivity index (χ0n) is 10.4. The molecule has 0 heterocycles. The van der Waals surface area contributed by atoms with Gasteiger partial charge in [0, 0.05) is 18.3 Å². The van der Waals surface area contributed by atoms with E-state index in [9.17, 15) is 0 Å². The van der Waals surface area contributed by atoms with E-state index in [-0.39, 0.29) is 0 Å². The van der Waals surface area contributed by atoms with Gasteiger partial charge in [-0.05, 0) is 30.2 Å². The number of rotatable bonds is 3. The van der Waals surface area contributed by atoms with Gasteiger partial charge in [0.15, 0.2) is 0 Å². The molecule has 0 fully saturated rings. The molecule has 0 aliphatic rings. The molecule has 0 saturated heterocycles. The molecule has 2 aromatic rings. The monoisotopic (exact) mass is 227 g/mol. The van der Waals surface area contributed by atoms with Crippen LogP contribution in [0.5, 0.6) is 5.75 Å². The first kappa shape index (κ1) is 11.5. The number of hydrogen-bond donors (Lipinski definition) is 1. The summed E-state index contributed by atoms with van der Waals surface area (Å²) in [5, 5.41) is 3.20. The van der Waals surface area contributed by atoms with Crippen molar-refractivity contribution in [2.24, 2.45) is 0 Å². The van der Waals surface area contributed by atoms with E-state index >= 15 is 0 Å². The molecule has 0 aromatic heterocycles. The van der Waals surface area contributed by atoms with Crippen LogP contribution in [-0.2, 0) is 0 Å². The summed E-state index contributed by atoms with van der Waals surface area (Å²) in [5.74, 6) is 0.913. The van der Waals surface area contributed by atoms with Gasteiger partial charge in [-0.3, -0.25) is 0 Å². The van der Waals surface area contributed by atoms with Crippen molar-refractivity contribution in [2.75, 3.05) is 19.5 Å². The van der Waals surface area contributed by atoms with E-state index in [0.29, 0.717) is 0 Å². The van der Waals surface area contributed by atoms with Crippen LogP contribution in [0.1, 0.15) is 5.56 Å². The van der Waals surface area contributed by atoms with Gasteiger partial charge in [-0.15, -0.1) is 0 Å². The molecule has 0 radical (unpaired) electrons. The largest absolute Gasteiger partial charge is 0.496 e. The highest BCUT2D eigenvalue weighted by Crippen LogP contribution is 2.32. The molecule has 0 atom stereocenters. The Hall–Kier alpha value is -1.96. The van der Waals surface area contributed by atoms with Crippen molar-refractivity contribution in [2.45, 2.75) is 6.92 Å². The SMILES string of the molecule is CNc1cc(-c2ccccc2)cc(OC)c1C. The molecule has 2 rings (SSSR count). The molecule has 1 N–H and O–H groups in total. The molecular formula is C15H17NO. The Morgan fingerprint density at radius 1 is 1.00 bits per heavy atom. The average molecular weight is 227 g/mol. The zero-order chi connectivity index (χ0) is 12.3. The zero-order valence-corrected chi connectivity index (χ0v) is 10.4. The molecule has 0 bridgehead atoms. The minimum Gasteiger partial charge on any atom is -0.496 e. The Balaban J connectivity index is 2.56. The topological polar surface area (TPSA) is 21.3 Å². The van der Waals surface area contributed by atoms with Crippen LogP contribution in [0, 0.1) is 6.92 Å². The number of benzene rings is 2. The summed E-state index contributed by atoms with van der Waals surface area (Å²) < 4.78 is 5.41. The molecular weight excluding hydrogens is 210 g/mol. The molecule has 0 aliphatic heterocycles. The molecule has 2 nitrogen and oxygen atoms in total. The van der Waals surface area contributed by atoms with Crippen LogP contribution >= 0.6 is 0 Å². The number of anilines is 1. The van der Waals surface area contributed by atoms with Gasteiger partial charge < -0.3 is 10.1 Å². The van der Waals surface area contributed by atoms with E-state index in [1.165, 1.54) is 5.56 Å². The van der Waals surface area contributed by atoms with E-state index in [1.54, 1.807) is 7.11 Å². The molecule has 0 amide bonds. The summed E-state index contributed by atoms with van der Waals surface area (Å²) >= 11 is 0. The maximum Gasteiger partial charge on any atom is 0.124 e. The van der Waals surface area contributed by atoms with Crippen LogP contribution in [0.15, 0.2) is 42.5 Å². The lowest BCUT2D eigenvalue weighted by molar-refractivity contribution is 0.412.